The van der Waals surface area contributed by atoms with Crippen LogP contribution in [0.2, 0.25) is 0 Å². The topological polar surface area (TPSA) is 86.7 Å². The summed E-state index contributed by atoms with van der Waals surface area (Å²) in [4.78, 5) is 36.1. The maximum atomic E-state index is 12.4. The van der Waals surface area contributed by atoms with E-state index in [0.29, 0.717) is 6.54 Å². The molecule has 0 saturated carbocycles. The molecule has 1 saturated heterocycles. The van der Waals surface area contributed by atoms with Gasteiger partial charge >= 0.3 is 5.97 Å². The predicted octanol–water partition coefficient (Wildman–Crippen LogP) is 0.326. The molecule has 1 aliphatic rings. The van der Waals surface area contributed by atoms with Crippen LogP contribution in [0.15, 0.2) is 0 Å². The lowest BCUT2D eigenvalue weighted by Crippen LogP contribution is -2.50. The van der Waals surface area contributed by atoms with Crippen LogP contribution in [0, 0.1) is 17.8 Å². The molecule has 1 rings (SSSR count). The zero-order valence-corrected chi connectivity index (χ0v) is 11.8. The van der Waals surface area contributed by atoms with Gasteiger partial charge in [-0.25, -0.2) is 0 Å². The van der Waals surface area contributed by atoms with Gasteiger partial charge in [-0.3, -0.25) is 14.4 Å². The molecule has 0 radical (unpaired) electrons. The first-order chi connectivity index (χ1) is 8.73. The van der Waals surface area contributed by atoms with E-state index >= 15 is 0 Å². The number of amides is 2. The monoisotopic (exact) mass is 270 g/mol. The maximum absolute atomic E-state index is 12.4. The van der Waals surface area contributed by atoms with E-state index in [9.17, 15) is 14.4 Å². The molecular weight excluding hydrogens is 248 g/mol. The fourth-order valence-electron chi connectivity index (χ4n) is 2.40. The lowest BCUT2D eigenvalue weighted by molar-refractivity contribution is -0.142. The van der Waals surface area contributed by atoms with Crippen LogP contribution in [-0.2, 0) is 14.4 Å². The van der Waals surface area contributed by atoms with Crippen molar-refractivity contribution in [3.05, 3.63) is 0 Å². The molecule has 1 fully saturated rings. The predicted molar refractivity (Wildman–Crippen MR) is 69.3 cm³/mol. The Hall–Kier alpha value is -1.59. The van der Waals surface area contributed by atoms with Gasteiger partial charge in [-0.1, -0.05) is 20.8 Å². The SMILES string of the molecule is CC(=O)NC(C(=O)N1C[C@@H](C)[C@H](C(=O)O)C1)C(C)C. The van der Waals surface area contributed by atoms with Crippen molar-refractivity contribution in [2.24, 2.45) is 17.8 Å². The van der Waals surface area contributed by atoms with E-state index < -0.39 is 17.9 Å². The number of carboxylic acids is 1. The highest BCUT2D eigenvalue weighted by Crippen LogP contribution is 2.24. The van der Waals surface area contributed by atoms with Gasteiger partial charge in [0.1, 0.15) is 6.04 Å². The van der Waals surface area contributed by atoms with E-state index in [-0.39, 0.29) is 30.2 Å². The van der Waals surface area contributed by atoms with Crippen molar-refractivity contribution in [2.75, 3.05) is 13.1 Å². The molecule has 1 heterocycles. The number of hydrogen-bond donors (Lipinski definition) is 2. The number of carboxylic acid groups (broad SMARTS) is 1. The number of nitrogens with one attached hydrogen (secondary N) is 1. The van der Waals surface area contributed by atoms with Crippen molar-refractivity contribution in [3.63, 3.8) is 0 Å². The number of aliphatic carboxylic acids is 1. The van der Waals surface area contributed by atoms with Crippen LogP contribution in [0.1, 0.15) is 27.7 Å². The molecule has 1 unspecified atom stereocenters. The highest BCUT2D eigenvalue weighted by Gasteiger charge is 2.39. The number of rotatable bonds is 4. The van der Waals surface area contributed by atoms with Crippen LogP contribution in [0.5, 0.6) is 0 Å². The molecule has 2 N–H and O–H groups in total. The van der Waals surface area contributed by atoms with E-state index in [1.165, 1.54) is 6.92 Å². The quantitative estimate of drug-likeness (QED) is 0.770. The number of nitrogens with zero attached hydrogens (tertiary/aromatic N) is 1. The summed E-state index contributed by atoms with van der Waals surface area (Å²) >= 11 is 0. The van der Waals surface area contributed by atoms with Crippen molar-refractivity contribution < 1.29 is 19.5 Å². The minimum absolute atomic E-state index is 0.0319. The van der Waals surface area contributed by atoms with Gasteiger partial charge in [0.2, 0.25) is 11.8 Å². The second-order valence-electron chi connectivity index (χ2n) is 5.59. The molecule has 19 heavy (non-hydrogen) atoms. The summed E-state index contributed by atoms with van der Waals surface area (Å²) in [7, 11) is 0. The molecular formula is C13H22N2O4. The first-order valence-electron chi connectivity index (χ1n) is 6.52. The average Bonchev–Trinajstić information content (AvgIpc) is 2.66. The molecule has 108 valence electrons. The summed E-state index contributed by atoms with van der Waals surface area (Å²) in [6.07, 6.45) is 0. The molecule has 2 amide bonds. The van der Waals surface area contributed by atoms with Gasteiger partial charge in [-0.2, -0.15) is 0 Å². The number of hydrogen-bond acceptors (Lipinski definition) is 3. The maximum Gasteiger partial charge on any atom is 0.308 e. The van der Waals surface area contributed by atoms with Crippen LogP contribution >= 0.6 is 0 Å². The Morgan fingerprint density at radius 1 is 1.26 bits per heavy atom. The summed E-state index contributed by atoms with van der Waals surface area (Å²) in [6.45, 7) is 7.56. The van der Waals surface area contributed by atoms with Crippen molar-refractivity contribution in [3.8, 4) is 0 Å². The molecule has 6 nitrogen and oxygen atoms in total. The zero-order valence-electron chi connectivity index (χ0n) is 11.8. The molecule has 0 aromatic heterocycles. The number of carbonyl (C=O) groups excluding carboxylic acids is 2. The van der Waals surface area contributed by atoms with Gasteiger partial charge < -0.3 is 15.3 Å². The van der Waals surface area contributed by atoms with E-state index in [2.05, 4.69) is 5.32 Å². The van der Waals surface area contributed by atoms with Crippen LogP contribution < -0.4 is 5.32 Å². The highest BCUT2D eigenvalue weighted by atomic mass is 16.4. The molecule has 0 spiro atoms. The fourth-order valence-corrected chi connectivity index (χ4v) is 2.40. The zero-order chi connectivity index (χ0) is 14.7. The lowest BCUT2D eigenvalue weighted by Gasteiger charge is -2.26. The Kier molecular flexibility index (Phi) is 4.91. The second-order valence-corrected chi connectivity index (χ2v) is 5.59. The molecule has 3 atom stereocenters. The van der Waals surface area contributed by atoms with Gasteiger partial charge in [0.15, 0.2) is 0 Å². The summed E-state index contributed by atoms with van der Waals surface area (Å²) in [5.41, 5.74) is 0. The van der Waals surface area contributed by atoms with E-state index in [0.717, 1.165) is 0 Å². The van der Waals surface area contributed by atoms with E-state index in [1.807, 2.05) is 20.8 Å². The minimum Gasteiger partial charge on any atom is -0.481 e. The largest absolute Gasteiger partial charge is 0.481 e. The standard InChI is InChI=1S/C13H22N2O4/c1-7(2)11(14-9(4)16)12(17)15-5-8(3)10(6-15)13(18)19/h7-8,10-11H,5-6H2,1-4H3,(H,14,16)(H,18,19)/t8-,10-,11?/m1/s1. The number of carbonyl (C=O) groups is 3. The Balaban J connectivity index is 2.76. The van der Waals surface area contributed by atoms with Crippen molar-refractivity contribution in [1.29, 1.82) is 0 Å². The molecule has 0 aliphatic carbocycles. The Bertz CT molecular complexity index is 381. The third-order valence-corrected chi connectivity index (χ3v) is 3.53. The van der Waals surface area contributed by atoms with Crippen LogP contribution in [-0.4, -0.2) is 46.9 Å². The van der Waals surface area contributed by atoms with Crippen LogP contribution in [0.25, 0.3) is 0 Å². The highest BCUT2D eigenvalue weighted by molar-refractivity contribution is 5.88. The number of likely N-dealkylation sites (tertiary alicyclic amines) is 1. The van der Waals surface area contributed by atoms with Crippen molar-refractivity contribution in [1.82, 2.24) is 10.2 Å². The molecule has 0 aromatic rings. The third kappa shape index (κ3) is 3.68. The molecule has 0 aromatic carbocycles. The van der Waals surface area contributed by atoms with Gasteiger partial charge in [0, 0.05) is 20.0 Å². The fraction of sp³-hybridized carbons (Fsp3) is 0.769. The van der Waals surface area contributed by atoms with Crippen LogP contribution in [0.4, 0.5) is 0 Å². The summed E-state index contributed by atoms with van der Waals surface area (Å²) in [5, 5.41) is 11.7. The Morgan fingerprint density at radius 2 is 1.84 bits per heavy atom. The van der Waals surface area contributed by atoms with E-state index in [1.54, 1.807) is 4.90 Å². The first-order valence-corrected chi connectivity index (χ1v) is 6.52. The summed E-state index contributed by atoms with van der Waals surface area (Å²) in [5.74, 6) is -1.94. The second kappa shape index (κ2) is 6.04. The van der Waals surface area contributed by atoms with Crippen molar-refractivity contribution in [2.45, 2.75) is 33.7 Å². The third-order valence-electron chi connectivity index (χ3n) is 3.53. The van der Waals surface area contributed by atoms with E-state index in [4.69, 9.17) is 5.11 Å². The Morgan fingerprint density at radius 3 is 2.21 bits per heavy atom. The summed E-state index contributed by atoms with van der Waals surface area (Å²) in [6, 6.07) is -0.586. The summed E-state index contributed by atoms with van der Waals surface area (Å²) < 4.78 is 0. The first kappa shape index (κ1) is 15.5. The van der Waals surface area contributed by atoms with Gasteiger partial charge in [0.25, 0.3) is 0 Å². The normalized spacial score (nSPS) is 24.4. The smallest absolute Gasteiger partial charge is 0.308 e. The molecule has 6 heteroatoms. The van der Waals surface area contributed by atoms with Crippen molar-refractivity contribution >= 4 is 17.8 Å². The minimum atomic E-state index is -0.872. The average molecular weight is 270 g/mol. The van der Waals surface area contributed by atoms with Crippen LogP contribution in [0.3, 0.4) is 0 Å². The lowest BCUT2D eigenvalue weighted by atomic mass is 9.99. The van der Waals surface area contributed by atoms with Gasteiger partial charge in [-0.05, 0) is 11.8 Å². The van der Waals surface area contributed by atoms with Gasteiger partial charge in [0.05, 0.1) is 5.92 Å². The molecule has 1 aliphatic heterocycles. The Labute approximate surface area is 113 Å². The van der Waals surface area contributed by atoms with Gasteiger partial charge in [-0.15, -0.1) is 0 Å². The molecule has 0 bridgehead atoms.